The number of thiophene rings is 1. The van der Waals surface area contributed by atoms with Gasteiger partial charge in [-0.05, 0) is 56.4 Å². The molecule has 0 bridgehead atoms. The Morgan fingerprint density at radius 1 is 1.17 bits per heavy atom. The number of nitrogens with one attached hydrogen (secondary N) is 2. The number of hydrogen-bond acceptors (Lipinski definition) is 6. The van der Waals surface area contributed by atoms with E-state index >= 15 is 0 Å². The van der Waals surface area contributed by atoms with Gasteiger partial charge in [-0.25, -0.2) is 14.6 Å². The van der Waals surface area contributed by atoms with Gasteiger partial charge in [0.25, 0.3) is 0 Å². The monoisotopic (exact) mass is 417 g/mol. The number of hydrogen-bond donors (Lipinski definition) is 2. The topological polar surface area (TPSA) is 96.9 Å². The van der Waals surface area contributed by atoms with Crippen molar-refractivity contribution in [3.8, 4) is 0 Å². The highest BCUT2D eigenvalue weighted by Gasteiger charge is 2.29. The summed E-state index contributed by atoms with van der Waals surface area (Å²) in [5.74, 6) is -2.81. The third-order valence-corrected chi connectivity index (χ3v) is 5.63. The van der Waals surface area contributed by atoms with Crippen molar-refractivity contribution in [2.75, 3.05) is 11.9 Å². The molecule has 29 heavy (non-hydrogen) atoms. The lowest BCUT2D eigenvalue weighted by atomic mass is 10.1. The first-order valence-electron chi connectivity index (χ1n) is 9.14. The van der Waals surface area contributed by atoms with E-state index in [0.29, 0.717) is 21.8 Å². The first-order chi connectivity index (χ1) is 13.9. The van der Waals surface area contributed by atoms with Crippen molar-refractivity contribution < 1.29 is 23.5 Å². The van der Waals surface area contributed by atoms with Crippen molar-refractivity contribution in [1.82, 2.24) is 5.43 Å². The number of carbonyl (C=O) groups excluding carboxylic acids is 3. The van der Waals surface area contributed by atoms with E-state index in [-0.39, 0.29) is 12.4 Å². The number of nitrogens with zero attached hydrogens (tertiary/aromatic N) is 1. The highest BCUT2D eigenvalue weighted by Crippen LogP contribution is 2.39. The SMILES string of the molecule is CCOC(=O)c1c(NC(=O)C(=O)N/N=C(\C)c2ccc(F)cc2)sc2c1CCC2. The number of halogens is 1. The van der Waals surface area contributed by atoms with Gasteiger partial charge in [0.1, 0.15) is 10.8 Å². The molecule has 2 N–H and O–H groups in total. The van der Waals surface area contributed by atoms with Crippen LogP contribution in [0.4, 0.5) is 9.39 Å². The first-order valence-corrected chi connectivity index (χ1v) is 9.95. The van der Waals surface area contributed by atoms with Crippen molar-refractivity contribution in [2.45, 2.75) is 33.1 Å². The van der Waals surface area contributed by atoms with Gasteiger partial charge in [0.2, 0.25) is 0 Å². The second-order valence-corrected chi connectivity index (χ2v) is 7.49. The third-order valence-electron chi connectivity index (χ3n) is 4.42. The Hall–Kier alpha value is -3.07. The molecule has 1 aliphatic rings. The maximum Gasteiger partial charge on any atom is 0.341 e. The van der Waals surface area contributed by atoms with Crippen LogP contribution in [-0.4, -0.2) is 30.1 Å². The minimum atomic E-state index is -0.977. The molecule has 0 saturated carbocycles. The molecule has 2 amide bonds. The van der Waals surface area contributed by atoms with Gasteiger partial charge >= 0.3 is 17.8 Å². The van der Waals surface area contributed by atoms with Gasteiger partial charge in [0.05, 0.1) is 17.9 Å². The van der Waals surface area contributed by atoms with E-state index in [1.165, 1.54) is 35.6 Å². The molecule has 0 saturated heterocycles. The Morgan fingerprint density at radius 2 is 1.90 bits per heavy atom. The van der Waals surface area contributed by atoms with Crippen LogP contribution >= 0.6 is 11.3 Å². The van der Waals surface area contributed by atoms with Gasteiger partial charge in [-0.1, -0.05) is 12.1 Å². The Bertz CT molecular complexity index is 982. The average molecular weight is 417 g/mol. The summed E-state index contributed by atoms with van der Waals surface area (Å²) in [4.78, 5) is 37.7. The number of ether oxygens (including phenoxy) is 1. The van der Waals surface area contributed by atoms with E-state index in [9.17, 15) is 18.8 Å². The summed E-state index contributed by atoms with van der Waals surface area (Å²) < 4.78 is 18.1. The fraction of sp³-hybridized carbons (Fsp3) is 0.300. The summed E-state index contributed by atoms with van der Waals surface area (Å²) in [5, 5.41) is 6.68. The van der Waals surface area contributed by atoms with Crippen molar-refractivity contribution in [2.24, 2.45) is 5.10 Å². The standard InChI is InChI=1S/C20H20FN3O4S/c1-3-28-20(27)16-14-5-4-6-15(14)29-19(16)22-17(25)18(26)24-23-11(2)12-7-9-13(21)10-8-12/h7-10H,3-6H2,1-2H3,(H,22,25)(H,24,26)/b23-11+. The highest BCUT2D eigenvalue weighted by molar-refractivity contribution is 7.17. The van der Waals surface area contributed by atoms with Crippen molar-refractivity contribution in [1.29, 1.82) is 0 Å². The number of rotatable bonds is 5. The number of anilines is 1. The van der Waals surface area contributed by atoms with Crippen LogP contribution in [0.1, 0.15) is 46.6 Å². The molecule has 1 heterocycles. The Labute approximate surface area is 171 Å². The van der Waals surface area contributed by atoms with Gasteiger partial charge < -0.3 is 10.1 Å². The lowest BCUT2D eigenvalue weighted by Gasteiger charge is -2.07. The normalized spacial score (nSPS) is 13.0. The lowest BCUT2D eigenvalue weighted by Crippen LogP contribution is -2.33. The smallest absolute Gasteiger partial charge is 0.341 e. The molecule has 7 nitrogen and oxygen atoms in total. The second-order valence-electron chi connectivity index (χ2n) is 6.38. The predicted octanol–water partition coefficient (Wildman–Crippen LogP) is 3.03. The van der Waals surface area contributed by atoms with Gasteiger partial charge in [-0.15, -0.1) is 11.3 Å². The Kier molecular flexibility index (Phi) is 6.38. The zero-order valence-electron chi connectivity index (χ0n) is 16.0. The van der Waals surface area contributed by atoms with Crippen LogP contribution < -0.4 is 10.7 Å². The number of carbonyl (C=O) groups is 3. The van der Waals surface area contributed by atoms with Crippen LogP contribution in [0, 0.1) is 5.82 Å². The molecule has 0 spiro atoms. The molecule has 0 atom stereocenters. The highest BCUT2D eigenvalue weighted by atomic mass is 32.1. The quantitative estimate of drug-likeness (QED) is 0.338. The number of benzene rings is 1. The lowest BCUT2D eigenvalue weighted by molar-refractivity contribution is -0.136. The minimum Gasteiger partial charge on any atom is -0.462 e. The number of esters is 1. The van der Waals surface area contributed by atoms with Crippen LogP contribution in [0.25, 0.3) is 0 Å². The fourth-order valence-electron chi connectivity index (χ4n) is 3.01. The van der Waals surface area contributed by atoms with Crippen molar-refractivity contribution >= 4 is 39.8 Å². The zero-order chi connectivity index (χ0) is 21.0. The van der Waals surface area contributed by atoms with Crippen LogP contribution in [0.5, 0.6) is 0 Å². The van der Waals surface area contributed by atoms with E-state index in [0.717, 1.165) is 29.7 Å². The summed E-state index contributed by atoms with van der Waals surface area (Å²) in [6.07, 6.45) is 2.51. The van der Waals surface area contributed by atoms with Crippen LogP contribution in [0.15, 0.2) is 29.4 Å². The minimum absolute atomic E-state index is 0.217. The van der Waals surface area contributed by atoms with E-state index in [4.69, 9.17) is 4.74 Å². The summed E-state index contributed by atoms with van der Waals surface area (Å²) in [6, 6.07) is 5.57. The van der Waals surface area contributed by atoms with Gasteiger partial charge in [-0.2, -0.15) is 5.10 Å². The number of aryl methyl sites for hydroxylation is 1. The third kappa shape index (κ3) is 4.68. The largest absolute Gasteiger partial charge is 0.462 e. The van der Waals surface area contributed by atoms with E-state index < -0.39 is 17.8 Å². The molecular weight excluding hydrogens is 397 g/mol. The van der Waals surface area contributed by atoms with Crippen LogP contribution in [0.2, 0.25) is 0 Å². The molecule has 0 radical (unpaired) electrons. The maximum atomic E-state index is 13.0. The second kappa shape index (κ2) is 8.95. The average Bonchev–Trinajstić information content (AvgIpc) is 3.27. The summed E-state index contributed by atoms with van der Waals surface area (Å²) in [6.45, 7) is 3.54. The number of hydrazone groups is 1. The molecule has 1 aromatic carbocycles. The van der Waals surface area contributed by atoms with E-state index in [1.807, 2.05) is 0 Å². The molecule has 1 aromatic heterocycles. The molecule has 152 valence electrons. The molecule has 1 aliphatic carbocycles. The first kappa shape index (κ1) is 20.7. The summed E-state index contributed by atoms with van der Waals surface area (Å²) in [7, 11) is 0. The fourth-order valence-corrected chi connectivity index (χ4v) is 4.28. The Balaban J connectivity index is 1.70. The summed E-state index contributed by atoms with van der Waals surface area (Å²) >= 11 is 1.29. The van der Waals surface area contributed by atoms with E-state index in [1.54, 1.807) is 13.8 Å². The molecule has 9 heteroatoms. The molecule has 0 unspecified atom stereocenters. The Morgan fingerprint density at radius 3 is 2.59 bits per heavy atom. The molecular formula is C20H20FN3O4S. The zero-order valence-corrected chi connectivity index (χ0v) is 16.8. The van der Waals surface area contributed by atoms with Crippen molar-refractivity contribution in [3.05, 3.63) is 51.7 Å². The van der Waals surface area contributed by atoms with Gasteiger partial charge in [0.15, 0.2) is 0 Å². The maximum absolute atomic E-state index is 13.0. The predicted molar refractivity (Wildman–Crippen MR) is 108 cm³/mol. The van der Waals surface area contributed by atoms with Crippen LogP contribution in [0.3, 0.4) is 0 Å². The molecule has 3 rings (SSSR count). The van der Waals surface area contributed by atoms with Gasteiger partial charge in [0, 0.05) is 4.88 Å². The van der Waals surface area contributed by atoms with Gasteiger partial charge in [-0.3, -0.25) is 9.59 Å². The molecule has 0 aliphatic heterocycles. The number of fused-ring (bicyclic) bond motifs is 1. The summed E-state index contributed by atoms with van der Waals surface area (Å²) in [5.41, 5.74) is 4.40. The molecule has 2 aromatic rings. The van der Waals surface area contributed by atoms with E-state index in [2.05, 4.69) is 15.8 Å². The van der Waals surface area contributed by atoms with Crippen molar-refractivity contribution in [3.63, 3.8) is 0 Å². The van der Waals surface area contributed by atoms with Crippen LogP contribution in [-0.2, 0) is 27.2 Å². The molecule has 0 fully saturated rings. The number of amides is 2.